The van der Waals surface area contributed by atoms with Gasteiger partial charge in [-0.05, 0) is 42.8 Å². The van der Waals surface area contributed by atoms with Gasteiger partial charge in [-0.15, -0.1) is 0 Å². The quantitative estimate of drug-likeness (QED) is 0.351. The van der Waals surface area contributed by atoms with Gasteiger partial charge in [0.25, 0.3) is 5.91 Å². The van der Waals surface area contributed by atoms with Crippen LogP contribution < -0.4 is 5.32 Å². The molecule has 0 aliphatic carbocycles. The highest BCUT2D eigenvalue weighted by molar-refractivity contribution is 6.01. The van der Waals surface area contributed by atoms with Crippen molar-refractivity contribution in [1.29, 1.82) is 5.26 Å². The molecule has 0 spiro atoms. The molecule has 31 heavy (non-hydrogen) atoms. The van der Waals surface area contributed by atoms with Crippen LogP contribution in [0.1, 0.15) is 22.8 Å². The molecule has 3 aromatic carbocycles. The molecule has 0 saturated heterocycles. The minimum Gasteiger partial charge on any atom is -0.443 e. The fourth-order valence-electron chi connectivity index (χ4n) is 2.78. The Morgan fingerprint density at radius 3 is 2.26 bits per heavy atom. The first-order valence-corrected chi connectivity index (χ1v) is 9.47. The number of halogens is 1. The van der Waals surface area contributed by atoms with Crippen molar-refractivity contribution < 1.29 is 18.7 Å². The zero-order valence-corrected chi connectivity index (χ0v) is 16.7. The van der Waals surface area contributed by atoms with Crippen molar-refractivity contribution in [3.63, 3.8) is 0 Å². The maximum absolute atomic E-state index is 13.1. The van der Waals surface area contributed by atoms with E-state index >= 15 is 0 Å². The lowest BCUT2D eigenvalue weighted by Crippen LogP contribution is -2.26. The summed E-state index contributed by atoms with van der Waals surface area (Å²) in [6.07, 6.45) is 0.107. The number of hydrogen-bond acceptors (Lipinski definition) is 4. The summed E-state index contributed by atoms with van der Waals surface area (Å²) in [4.78, 5) is 25.5. The highest BCUT2D eigenvalue weighted by Gasteiger charge is 2.26. The van der Waals surface area contributed by atoms with Crippen molar-refractivity contribution >= 4 is 23.6 Å². The van der Waals surface area contributed by atoms with Gasteiger partial charge in [-0.2, -0.15) is 5.26 Å². The van der Waals surface area contributed by atoms with Gasteiger partial charge in [-0.25, -0.2) is 9.18 Å². The van der Waals surface area contributed by atoms with Crippen LogP contribution in [-0.2, 0) is 14.3 Å². The lowest BCUT2D eigenvalue weighted by Gasteiger charge is -2.18. The van der Waals surface area contributed by atoms with Gasteiger partial charge in [0.1, 0.15) is 17.5 Å². The van der Waals surface area contributed by atoms with E-state index in [2.05, 4.69) is 5.32 Å². The number of carbonyl (C=O) groups is 2. The zero-order chi connectivity index (χ0) is 22.2. The maximum atomic E-state index is 13.1. The number of anilines is 1. The Hall–Kier alpha value is -4.24. The molecule has 0 saturated carbocycles. The summed E-state index contributed by atoms with van der Waals surface area (Å²) in [7, 11) is 0. The van der Waals surface area contributed by atoms with Crippen LogP contribution in [0.4, 0.5) is 10.1 Å². The number of hydrogen-bond donors (Lipinski definition) is 1. The second-order valence-electron chi connectivity index (χ2n) is 6.77. The van der Waals surface area contributed by atoms with E-state index in [1.807, 2.05) is 25.1 Å². The van der Waals surface area contributed by atoms with Gasteiger partial charge in [-0.3, -0.25) is 4.79 Å². The smallest absolute Gasteiger partial charge is 0.350 e. The molecule has 154 valence electrons. The van der Waals surface area contributed by atoms with Crippen LogP contribution in [0.5, 0.6) is 0 Å². The molecule has 6 heteroatoms. The van der Waals surface area contributed by atoms with Gasteiger partial charge >= 0.3 is 5.97 Å². The Bertz CT molecular complexity index is 1130. The van der Waals surface area contributed by atoms with Crippen LogP contribution in [0.25, 0.3) is 6.08 Å². The van der Waals surface area contributed by atoms with Crippen molar-refractivity contribution in [1.82, 2.24) is 0 Å². The van der Waals surface area contributed by atoms with Gasteiger partial charge in [0.2, 0.25) is 6.10 Å². The predicted molar refractivity (Wildman–Crippen MR) is 115 cm³/mol. The molecule has 3 aromatic rings. The van der Waals surface area contributed by atoms with Crippen molar-refractivity contribution in [2.45, 2.75) is 13.0 Å². The third-order valence-electron chi connectivity index (χ3n) is 4.41. The third-order valence-corrected chi connectivity index (χ3v) is 4.41. The van der Waals surface area contributed by atoms with E-state index in [0.717, 1.165) is 5.56 Å². The molecule has 0 radical (unpaired) electrons. The van der Waals surface area contributed by atoms with Crippen LogP contribution in [-0.4, -0.2) is 11.9 Å². The molecule has 0 unspecified atom stereocenters. The van der Waals surface area contributed by atoms with Crippen molar-refractivity contribution in [2.75, 3.05) is 5.32 Å². The van der Waals surface area contributed by atoms with Crippen molar-refractivity contribution in [3.8, 4) is 6.07 Å². The van der Waals surface area contributed by atoms with Gasteiger partial charge in [0.05, 0.1) is 0 Å². The zero-order valence-electron chi connectivity index (χ0n) is 16.7. The van der Waals surface area contributed by atoms with E-state index in [-0.39, 0.29) is 5.57 Å². The standard InChI is InChI=1S/C25H19FN2O3/c1-17-7-9-18(10-8-17)15-20(16-27)25(30)31-23(19-5-3-2-4-6-19)24(29)28-22-13-11-21(26)12-14-22/h2-15,23H,1H3,(H,28,29)/b20-15+/t23-/m1/s1. The molecule has 0 aromatic heterocycles. The van der Waals surface area contributed by atoms with Gasteiger partial charge in [-0.1, -0.05) is 60.2 Å². The number of benzene rings is 3. The maximum Gasteiger partial charge on any atom is 0.350 e. The molecule has 1 amide bonds. The van der Waals surface area contributed by atoms with E-state index in [1.54, 1.807) is 42.5 Å². The first-order valence-electron chi connectivity index (χ1n) is 9.47. The highest BCUT2D eigenvalue weighted by atomic mass is 19.1. The lowest BCUT2D eigenvalue weighted by molar-refractivity contribution is -0.150. The second-order valence-corrected chi connectivity index (χ2v) is 6.77. The monoisotopic (exact) mass is 414 g/mol. The number of nitriles is 1. The first kappa shape index (κ1) is 21.5. The molecule has 0 bridgehead atoms. The number of nitrogens with zero attached hydrogens (tertiary/aromatic N) is 1. The average Bonchev–Trinajstić information content (AvgIpc) is 2.79. The number of amides is 1. The van der Waals surface area contributed by atoms with Crippen LogP contribution >= 0.6 is 0 Å². The lowest BCUT2D eigenvalue weighted by atomic mass is 10.1. The average molecular weight is 414 g/mol. The molecular weight excluding hydrogens is 395 g/mol. The van der Waals surface area contributed by atoms with E-state index in [4.69, 9.17) is 4.74 Å². The van der Waals surface area contributed by atoms with E-state index in [9.17, 15) is 19.2 Å². The Balaban J connectivity index is 1.84. The summed E-state index contributed by atoms with van der Waals surface area (Å²) in [6, 6.07) is 22.7. The minimum absolute atomic E-state index is 0.237. The molecule has 3 rings (SSSR count). The Kier molecular flexibility index (Phi) is 6.92. The molecule has 5 nitrogen and oxygen atoms in total. The summed E-state index contributed by atoms with van der Waals surface area (Å²) in [5, 5.41) is 12.0. The summed E-state index contributed by atoms with van der Waals surface area (Å²) in [5.41, 5.74) is 2.24. The topological polar surface area (TPSA) is 79.2 Å². The van der Waals surface area contributed by atoms with Crippen LogP contribution in [0.3, 0.4) is 0 Å². The van der Waals surface area contributed by atoms with Gasteiger partial charge in [0, 0.05) is 11.3 Å². The third kappa shape index (κ3) is 5.87. The molecule has 0 aliphatic rings. The van der Waals surface area contributed by atoms with Crippen molar-refractivity contribution in [3.05, 3.63) is 107 Å². The molecular formula is C25H19FN2O3. The fourth-order valence-corrected chi connectivity index (χ4v) is 2.78. The molecule has 0 heterocycles. The summed E-state index contributed by atoms with van der Waals surface area (Å²) in [5.74, 6) is -1.99. The number of ether oxygens (including phenoxy) is 1. The number of rotatable bonds is 6. The fraction of sp³-hybridized carbons (Fsp3) is 0.0800. The second kappa shape index (κ2) is 9.99. The van der Waals surface area contributed by atoms with E-state index < -0.39 is 23.8 Å². The summed E-state index contributed by atoms with van der Waals surface area (Å²) in [6.45, 7) is 1.93. The van der Waals surface area contributed by atoms with Crippen LogP contribution in [0.2, 0.25) is 0 Å². The first-order chi connectivity index (χ1) is 15.0. The van der Waals surface area contributed by atoms with Crippen molar-refractivity contribution in [2.24, 2.45) is 0 Å². The minimum atomic E-state index is -1.30. The Morgan fingerprint density at radius 2 is 1.65 bits per heavy atom. The number of aryl methyl sites for hydroxylation is 1. The SMILES string of the molecule is Cc1ccc(/C=C(\C#N)C(=O)O[C@@H](C(=O)Nc2ccc(F)cc2)c2ccccc2)cc1. The Morgan fingerprint density at radius 1 is 1.00 bits per heavy atom. The molecule has 1 atom stereocenters. The van der Waals surface area contributed by atoms with Gasteiger partial charge < -0.3 is 10.1 Å². The van der Waals surface area contributed by atoms with E-state index in [0.29, 0.717) is 16.8 Å². The van der Waals surface area contributed by atoms with E-state index in [1.165, 1.54) is 30.3 Å². The number of nitrogens with one attached hydrogen (secondary N) is 1. The highest BCUT2D eigenvalue weighted by Crippen LogP contribution is 2.22. The molecule has 0 fully saturated rings. The van der Waals surface area contributed by atoms with Crippen LogP contribution in [0, 0.1) is 24.1 Å². The molecule has 0 aliphatic heterocycles. The van der Waals surface area contributed by atoms with Gasteiger partial charge in [0.15, 0.2) is 0 Å². The largest absolute Gasteiger partial charge is 0.443 e. The molecule has 1 N–H and O–H groups in total. The number of carbonyl (C=O) groups excluding carboxylic acids is 2. The normalized spacial score (nSPS) is 11.8. The van der Waals surface area contributed by atoms with Crippen LogP contribution in [0.15, 0.2) is 84.4 Å². The number of esters is 1. The summed E-state index contributed by atoms with van der Waals surface area (Å²) >= 11 is 0. The Labute approximate surface area is 179 Å². The summed E-state index contributed by atoms with van der Waals surface area (Å²) < 4.78 is 18.6. The predicted octanol–water partition coefficient (Wildman–Crippen LogP) is 4.96.